The Kier molecular flexibility index (Phi) is 3.95. The summed E-state index contributed by atoms with van der Waals surface area (Å²) in [6, 6.07) is 5.79. The minimum atomic E-state index is -0.817. The number of aromatic amines is 1. The fourth-order valence-electron chi connectivity index (χ4n) is 1.74. The highest BCUT2D eigenvalue weighted by molar-refractivity contribution is 7.98. The van der Waals surface area contributed by atoms with Gasteiger partial charge in [0.1, 0.15) is 17.4 Å². The molecule has 0 atom stereocenters. The molecule has 0 unspecified atom stereocenters. The van der Waals surface area contributed by atoms with Gasteiger partial charge in [0.05, 0.1) is 11.3 Å². The molecule has 0 saturated heterocycles. The number of nitrogens with one attached hydrogen (secondary N) is 1. The number of nitrogens with zero attached hydrogens (tertiary/aromatic N) is 2. The molecule has 1 heterocycles. The first-order valence-corrected chi connectivity index (χ1v) is 6.92. The van der Waals surface area contributed by atoms with Crippen molar-refractivity contribution in [3.8, 4) is 23.1 Å². The molecule has 7 nitrogen and oxygen atoms in total. The van der Waals surface area contributed by atoms with Gasteiger partial charge in [-0.2, -0.15) is 5.26 Å². The number of benzene rings is 1. The standard InChI is InChI=1S/C13H10N4O3S/c1-21-13-16-10(8(5-14)12(20)17-13)6-2-3-9(18)7(4-6)11(15)19/h2-4,18H,1H3,(H2,15,19)(H,16,17,20). The summed E-state index contributed by atoms with van der Waals surface area (Å²) in [5.74, 6) is -1.09. The molecule has 1 aromatic heterocycles. The Morgan fingerprint density at radius 1 is 1.52 bits per heavy atom. The van der Waals surface area contributed by atoms with E-state index in [1.165, 1.54) is 30.0 Å². The second-order valence-corrected chi connectivity index (χ2v) is 4.80. The van der Waals surface area contributed by atoms with E-state index in [4.69, 9.17) is 11.0 Å². The zero-order valence-corrected chi connectivity index (χ0v) is 11.7. The number of thioether (sulfide) groups is 1. The molecule has 0 spiro atoms. The number of nitrogens with two attached hydrogens (primary N) is 1. The third-order valence-corrected chi connectivity index (χ3v) is 3.32. The predicted molar refractivity (Wildman–Crippen MR) is 77.0 cm³/mol. The maximum Gasteiger partial charge on any atom is 0.270 e. The molecule has 0 aliphatic carbocycles. The van der Waals surface area contributed by atoms with E-state index in [2.05, 4.69) is 9.97 Å². The summed E-state index contributed by atoms with van der Waals surface area (Å²) in [4.78, 5) is 29.7. The van der Waals surface area contributed by atoms with Gasteiger partial charge in [-0.05, 0) is 24.5 Å². The first-order valence-electron chi connectivity index (χ1n) is 5.69. The van der Waals surface area contributed by atoms with E-state index < -0.39 is 11.5 Å². The van der Waals surface area contributed by atoms with Crippen molar-refractivity contribution >= 4 is 17.7 Å². The molecular formula is C13H10N4O3S. The van der Waals surface area contributed by atoms with E-state index in [0.29, 0.717) is 10.7 Å². The summed E-state index contributed by atoms with van der Waals surface area (Å²) < 4.78 is 0. The van der Waals surface area contributed by atoms with Crippen molar-refractivity contribution in [1.82, 2.24) is 9.97 Å². The number of hydrogen-bond donors (Lipinski definition) is 3. The second kappa shape index (κ2) is 5.68. The number of hydrogen-bond acceptors (Lipinski definition) is 6. The van der Waals surface area contributed by atoms with E-state index in [1.807, 2.05) is 0 Å². The van der Waals surface area contributed by atoms with Crippen LogP contribution in [0.5, 0.6) is 5.75 Å². The number of primary amides is 1. The first-order chi connectivity index (χ1) is 9.97. The van der Waals surface area contributed by atoms with Crippen LogP contribution in [-0.2, 0) is 0 Å². The molecule has 8 heteroatoms. The number of aromatic hydroxyl groups is 1. The molecule has 0 fully saturated rings. The van der Waals surface area contributed by atoms with Crippen LogP contribution in [0.3, 0.4) is 0 Å². The van der Waals surface area contributed by atoms with Crippen LogP contribution in [0.4, 0.5) is 0 Å². The zero-order chi connectivity index (χ0) is 15.6. The van der Waals surface area contributed by atoms with Gasteiger partial charge in [0, 0.05) is 5.56 Å². The van der Waals surface area contributed by atoms with Crippen LogP contribution in [-0.4, -0.2) is 27.2 Å². The molecule has 0 aliphatic rings. The van der Waals surface area contributed by atoms with Crippen LogP contribution in [0.2, 0.25) is 0 Å². The van der Waals surface area contributed by atoms with Gasteiger partial charge in [-0.15, -0.1) is 0 Å². The summed E-state index contributed by atoms with van der Waals surface area (Å²) in [6.07, 6.45) is 1.72. The summed E-state index contributed by atoms with van der Waals surface area (Å²) in [5, 5.41) is 19.0. The highest BCUT2D eigenvalue weighted by atomic mass is 32.2. The maximum atomic E-state index is 11.8. The van der Waals surface area contributed by atoms with Gasteiger partial charge >= 0.3 is 0 Å². The Hall–Kier alpha value is -2.79. The fourth-order valence-corrected chi connectivity index (χ4v) is 2.12. The molecule has 2 aromatic rings. The van der Waals surface area contributed by atoms with Gasteiger partial charge in [0.15, 0.2) is 5.16 Å². The largest absolute Gasteiger partial charge is 0.507 e. The van der Waals surface area contributed by atoms with E-state index in [9.17, 15) is 14.7 Å². The van der Waals surface area contributed by atoms with E-state index in [0.717, 1.165) is 0 Å². The van der Waals surface area contributed by atoms with Crippen molar-refractivity contribution in [2.45, 2.75) is 5.16 Å². The first kappa shape index (κ1) is 14.6. The highest BCUT2D eigenvalue weighted by Crippen LogP contribution is 2.26. The minimum absolute atomic E-state index is 0.107. The number of nitriles is 1. The number of H-pyrrole nitrogens is 1. The number of amides is 1. The van der Waals surface area contributed by atoms with E-state index in [-0.39, 0.29) is 22.6 Å². The SMILES string of the molecule is CSc1nc(-c2ccc(O)c(C(N)=O)c2)c(C#N)c(=O)[nH]1. The summed E-state index contributed by atoms with van der Waals surface area (Å²) >= 11 is 1.21. The monoisotopic (exact) mass is 302 g/mol. The van der Waals surface area contributed by atoms with Crippen molar-refractivity contribution in [3.63, 3.8) is 0 Å². The van der Waals surface area contributed by atoms with Gasteiger partial charge < -0.3 is 15.8 Å². The number of phenols is 1. The van der Waals surface area contributed by atoms with Gasteiger partial charge in [-0.25, -0.2) is 4.98 Å². The Balaban J connectivity index is 2.75. The van der Waals surface area contributed by atoms with Crippen molar-refractivity contribution in [3.05, 3.63) is 39.7 Å². The Morgan fingerprint density at radius 3 is 2.81 bits per heavy atom. The van der Waals surface area contributed by atoms with Gasteiger partial charge in [-0.3, -0.25) is 9.59 Å². The lowest BCUT2D eigenvalue weighted by atomic mass is 10.0. The van der Waals surface area contributed by atoms with Crippen LogP contribution in [0.25, 0.3) is 11.3 Å². The normalized spacial score (nSPS) is 10.1. The predicted octanol–water partition coefficient (Wildman–Crippen LogP) is 0.835. The highest BCUT2D eigenvalue weighted by Gasteiger charge is 2.16. The smallest absolute Gasteiger partial charge is 0.270 e. The Morgan fingerprint density at radius 2 is 2.24 bits per heavy atom. The fraction of sp³-hybridized carbons (Fsp3) is 0.0769. The van der Waals surface area contributed by atoms with Crippen LogP contribution in [0, 0.1) is 11.3 Å². The van der Waals surface area contributed by atoms with E-state index in [1.54, 1.807) is 12.3 Å². The molecular weight excluding hydrogens is 292 g/mol. The third kappa shape index (κ3) is 2.73. The van der Waals surface area contributed by atoms with Crippen molar-refractivity contribution < 1.29 is 9.90 Å². The molecule has 2 rings (SSSR count). The van der Waals surface area contributed by atoms with E-state index >= 15 is 0 Å². The average Bonchev–Trinajstić information content (AvgIpc) is 2.46. The van der Waals surface area contributed by atoms with Crippen LogP contribution in [0.15, 0.2) is 28.2 Å². The quantitative estimate of drug-likeness (QED) is 0.568. The van der Waals surface area contributed by atoms with Crippen molar-refractivity contribution in [2.75, 3.05) is 6.26 Å². The molecule has 0 radical (unpaired) electrons. The summed E-state index contributed by atoms with van der Waals surface area (Å²) in [6.45, 7) is 0. The van der Waals surface area contributed by atoms with Gasteiger partial charge in [-0.1, -0.05) is 11.8 Å². The molecule has 1 aromatic carbocycles. The van der Waals surface area contributed by atoms with Gasteiger partial charge in [0.25, 0.3) is 11.5 Å². The van der Waals surface area contributed by atoms with Crippen LogP contribution >= 0.6 is 11.8 Å². The zero-order valence-electron chi connectivity index (χ0n) is 10.9. The topological polar surface area (TPSA) is 133 Å². The minimum Gasteiger partial charge on any atom is -0.507 e. The van der Waals surface area contributed by atoms with Crippen molar-refractivity contribution in [2.24, 2.45) is 5.73 Å². The molecule has 1 amide bonds. The molecule has 0 bridgehead atoms. The molecule has 106 valence electrons. The van der Waals surface area contributed by atoms with Crippen LogP contribution in [0.1, 0.15) is 15.9 Å². The van der Waals surface area contributed by atoms with Crippen molar-refractivity contribution in [1.29, 1.82) is 5.26 Å². The third-order valence-electron chi connectivity index (χ3n) is 2.74. The number of carbonyl (C=O) groups is 1. The molecule has 0 aliphatic heterocycles. The Bertz CT molecular complexity index is 823. The molecule has 21 heavy (non-hydrogen) atoms. The maximum absolute atomic E-state index is 11.8. The van der Waals surface area contributed by atoms with Crippen LogP contribution < -0.4 is 11.3 Å². The molecule has 0 saturated carbocycles. The number of aromatic nitrogens is 2. The second-order valence-electron chi connectivity index (χ2n) is 4.01. The Labute approximate surface area is 123 Å². The number of rotatable bonds is 3. The lowest BCUT2D eigenvalue weighted by molar-refractivity contribution is 0.0998. The van der Waals surface area contributed by atoms with Gasteiger partial charge in [0.2, 0.25) is 0 Å². The summed E-state index contributed by atoms with van der Waals surface area (Å²) in [5.41, 5.74) is 4.79. The lowest BCUT2D eigenvalue weighted by Gasteiger charge is -2.07. The summed E-state index contributed by atoms with van der Waals surface area (Å²) in [7, 11) is 0. The molecule has 4 N–H and O–H groups in total. The average molecular weight is 302 g/mol. The number of carbonyl (C=O) groups excluding carboxylic acids is 1. The lowest BCUT2D eigenvalue weighted by Crippen LogP contribution is -2.15.